The van der Waals surface area contributed by atoms with Crippen molar-refractivity contribution in [3.63, 3.8) is 0 Å². The van der Waals surface area contributed by atoms with Crippen molar-refractivity contribution in [2.24, 2.45) is 0 Å². The summed E-state index contributed by atoms with van der Waals surface area (Å²) in [7, 11) is 0. The second-order valence-electron chi connectivity index (χ2n) is 4.71. The van der Waals surface area contributed by atoms with E-state index in [1.165, 1.54) is 0 Å². The molecule has 0 spiro atoms. The highest BCUT2D eigenvalue weighted by Crippen LogP contribution is 2.29. The number of carbonyl (C=O) groups excluding carboxylic acids is 1. The van der Waals surface area contributed by atoms with E-state index in [1.54, 1.807) is 30.7 Å². The summed E-state index contributed by atoms with van der Waals surface area (Å²) in [5.41, 5.74) is 2.68. The zero-order valence-corrected chi connectivity index (χ0v) is 10.6. The van der Waals surface area contributed by atoms with E-state index in [2.05, 4.69) is 0 Å². The molecule has 0 radical (unpaired) electrons. The fourth-order valence-corrected chi connectivity index (χ4v) is 2.21. The van der Waals surface area contributed by atoms with Crippen molar-refractivity contribution >= 4 is 11.9 Å². The van der Waals surface area contributed by atoms with Crippen LogP contribution in [0.5, 0.6) is 5.75 Å². The Morgan fingerprint density at radius 2 is 2.26 bits per heavy atom. The Labute approximate surface area is 111 Å². The van der Waals surface area contributed by atoms with Crippen LogP contribution in [0, 0.1) is 0 Å². The predicted molar refractivity (Wildman–Crippen MR) is 72.3 cm³/mol. The van der Waals surface area contributed by atoms with Crippen LogP contribution < -0.4 is 4.74 Å². The molecule has 2 heterocycles. The maximum Gasteiger partial charge on any atom is 0.185 e. The Morgan fingerprint density at radius 3 is 3.05 bits per heavy atom. The third-order valence-corrected chi connectivity index (χ3v) is 3.15. The molecule has 2 aromatic rings. The summed E-state index contributed by atoms with van der Waals surface area (Å²) in [4.78, 5) is 12.1. The van der Waals surface area contributed by atoms with Crippen LogP contribution in [0.4, 0.5) is 0 Å². The van der Waals surface area contributed by atoms with Crippen molar-refractivity contribution in [2.75, 3.05) is 0 Å². The minimum absolute atomic E-state index is 0.0106. The van der Waals surface area contributed by atoms with Crippen molar-refractivity contribution < 1.29 is 13.9 Å². The summed E-state index contributed by atoms with van der Waals surface area (Å²) < 4.78 is 10.6. The van der Waals surface area contributed by atoms with Gasteiger partial charge in [-0.25, -0.2) is 0 Å². The number of fused-ring (bicyclic) bond motifs is 1. The van der Waals surface area contributed by atoms with Gasteiger partial charge in [-0.05, 0) is 48.9 Å². The van der Waals surface area contributed by atoms with Gasteiger partial charge in [-0.2, -0.15) is 0 Å². The Morgan fingerprint density at radius 1 is 1.37 bits per heavy atom. The Bertz CT molecular complexity index is 623. The number of rotatable bonds is 3. The van der Waals surface area contributed by atoms with Gasteiger partial charge < -0.3 is 9.15 Å². The van der Waals surface area contributed by atoms with E-state index in [9.17, 15) is 4.79 Å². The number of furan rings is 1. The van der Waals surface area contributed by atoms with E-state index in [0.717, 1.165) is 23.3 Å². The zero-order valence-electron chi connectivity index (χ0n) is 10.6. The molecule has 1 atom stereocenters. The minimum atomic E-state index is -0.0106. The van der Waals surface area contributed by atoms with Crippen molar-refractivity contribution in [1.29, 1.82) is 0 Å². The summed E-state index contributed by atoms with van der Waals surface area (Å²) in [6.45, 7) is 2.03. The van der Waals surface area contributed by atoms with Gasteiger partial charge in [0.2, 0.25) is 0 Å². The molecule has 3 nitrogen and oxygen atoms in total. The second-order valence-corrected chi connectivity index (χ2v) is 4.71. The summed E-state index contributed by atoms with van der Waals surface area (Å²) in [5.74, 6) is 0.881. The lowest BCUT2D eigenvalue weighted by atomic mass is 10.0. The van der Waals surface area contributed by atoms with E-state index >= 15 is 0 Å². The third kappa shape index (κ3) is 2.45. The normalized spacial score (nSPS) is 17.4. The Balaban J connectivity index is 1.79. The summed E-state index contributed by atoms with van der Waals surface area (Å²) in [6.07, 6.45) is 7.55. The first-order valence-electron chi connectivity index (χ1n) is 6.26. The number of hydrogen-bond donors (Lipinski definition) is 0. The molecule has 1 aromatic heterocycles. The van der Waals surface area contributed by atoms with Crippen LogP contribution >= 0.6 is 0 Å². The average molecular weight is 254 g/mol. The van der Waals surface area contributed by atoms with E-state index in [-0.39, 0.29) is 11.9 Å². The zero-order chi connectivity index (χ0) is 13.2. The van der Waals surface area contributed by atoms with Gasteiger partial charge >= 0.3 is 0 Å². The number of carbonyl (C=O) groups is 1. The highest BCUT2D eigenvalue weighted by Gasteiger charge is 2.19. The number of allylic oxidation sites excluding steroid dienone is 1. The molecule has 1 aliphatic rings. The summed E-state index contributed by atoms with van der Waals surface area (Å²) in [6, 6.07) is 7.40. The maximum atomic E-state index is 12.1. The highest BCUT2D eigenvalue weighted by molar-refractivity contribution is 6.07. The van der Waals surface area contributed by atoms with Gasteiger partial charge in [0, 0.05) is 17.5 Å². The predicted octanol–water partition coefficient (Wildman–Crippen LogP) is 3.50. The molecule has 1 unspecified atom stereocenters. The number of ketones is 1. The molecule has 0 saturated carbocycles. The molecule has 0 fully saturated rings. The first kappa shape index (κ1) is 11.8. The molecule has 0 bridgehead atoms. The van der Waals surface area contributed by atoms with Gasteiger partial charge in [0.25, 0.3) is 0 Å². The largest absolute Gasteiger partial charge is 0.490 e. The third-order valence-electron chi connectivity index (χ3n) is 3.15. The van der Waals surface area contributed by atoms with Gasteiger partial charge in [-0.1, -0.05) is 0 Å². The molecule has 19 heavy (non-hydrogen) atoms. The van der Waals surface area contributed by atoms with Crippen molar-refractivity contribution in [3.05, 3.63) is 59.6 Å². The van der Waals surface area contributed by atoms with Crippen LogP contribution in [0.25, 0.3) is 6.08 Å². The van der Waals surface area contributed by atoms with E-state index in [0.29, 0.717) is 5.56 Å². The van der Waals surface area contributed by atoms with Crippen molar-refractivity contribution in [3.8, 4) is 5.75 Å². The van der Waals surface area contributed by atoms with Crippen LogP contribution in [0.2, 0.25) is 0 Å². The van der Waals surface area contributed by atoms with E-state index in [4.69, 9.17) is 9.15 Å². The number of hydrogen-bond acceptors (Lipinski definition) is 3. The first-order chi connectivity index (χ1) is 9.22. The summed E-state index contributed by atoms with van der Waals surface area (Å²) in [5, 5.41) is 0. The van der Waals surface area contributed by atoms with Crippen LogP contribution in [-0.4, -0.2) is 11.9 Å². The lowest BCUT2D eigenvalue weighted by molar-refractivity contribution is 0.104. The standard InChI is InChI=1S/C16H14O3/c1-11-8-14-9-13(3-5-16(14)19-11)15(17)4-2-12-6-7-18-10-12/h2-7,9-11H,8H2,1H3. The van der Waals surface area contributed by atoms with Crippen LogP contribution in [0.15, 0.2) is 47.3 Å². The second kappa shape index (κ2) is 4.76. The lowest BCUT2D eigenvalue weighted by Crippen LogP contribution is -2.05. The molecule has 1 aromatic carbocycles. The lowest BCUT2D eigenvalue weighted by Gasteiger charge is -2.02. The van der Waals surface area contributed by atoms with Crippen LogP contribution in [0.3, 0.4) is 0 Å². The molecular weight excluding hydrogens is 240 g/mol. The number of benzene rings is 1. The highest BCUT2D eigenvalue weighted by atomic mass is 16.5. The Kier molecular flexibility index (Phi) is 2.95. The maximum absolute atomic E-state index is 12.1. The van der Waals surface area contributed by atoms with E-state index < -0.39 is 0 Å². The summed E-state index contributed by atoms with van der Waals surface area (Å²) >= 11 is 0. The van der Waals surface area contributed by atoms with Crippen LogP contribution in [0.1, 0.15) is 28.4 Å². The fraction of sp³-hybridized carbons (Fsp3) is 0.188. The minimum Gasteiger partial charge on any atom is -0.490 e. The topological polar surface area (TPSA) is 39.4 Å². The monoisotopic (exact) mass is 254 g/mol. The fourth-order valence-electron chi connectivity index (χ4n) is 2.21. The molecule has 0 aliphatic carbocycles. The van der Waals surface area contributed by atoms with Gasteiger partial charge in [0.1, 0.15) is 11.9 Å². The first-order valence-corrected chi connectivity index (χ1v) is 6.26. The van der Waals surface area contributed by atoms with Crippen molar-refractivity contribution in [1.82, 2.24) is 0 Å². The molecule has 96 valence electrons. The molecule has 3 rings (SSSR count). The quantitative estimate of drug-likeness (QED) is 0.621. The molecule has 3 heteroatoms. The van der Waals surface area contributed by atoms with E-state index in [1.807, 2.05) is 25.1 Å². The molecule has 0 amide bonds. The molecule has 1 aliphatic heterocycles. The molecule has 0 N–H and O–H groups in total. The van der Waals surface area contributed by atoms with Crippen molar-refractivity contribution in [2.45, 2.75) is 19.4 Å². The van der Waals surface area contributed by atoms with Gasteiger partial charge in [0.15, 0.2) is 5.78 Å². The SMILES string of the molecule is CC1Cc2cc(C(=O)C=Cc3ccoc3)ccc2O1. The van der Waals surface area contributed by atoms with Gasteiger partial charge in [-0.15, -0.1) is 0 Å². The Hall–Kier alpha value is -2.29. The van der Waals surface area contributed by atoms with Gasteiger partial charge in [-0.3, -0.25) is 4.79 Å². The van der Waals surface area contributed by atoms with Gasteiger partial charge in [0.05, 0.1) is 12.5 Å². The molecule has 0 saturated heterocycles. The molecular formula is C16H14O3. The average Bonchev–Trinajstić information content (AvgIpc) is 3.02. The van der Waals surface area contributed by atoms with Crippen LogP contribution in [-0.2, 0) is 6.42 Å². The number of ether oxygens (including phenoxy) is 1. The smallest absolute Gasteiger partial charge is 0.185 e.